The van der Waals surface area contributed by atoms with Gasteiger partial charge in [-0.2, -0.15) is 4.98 Å². The van der Waals surface area contributed by atoms with Gasteiger partial charge in [-0.3, -0.25) is 0 Å². The molecule has 0 aliphatic carbocycles. The average molecular weight is 319 g/mol. The quantitative estimate of drug-likeness (QED) is 0.942. The molecular weight excluding hydrogens is 305 g/mol. The third-order valence-electron chi connectivity index (χ3n) is 2.28. The van der Waals surface area contributed by atoms with E-state index in [2.05, 4.69) is 26.1 Å². The molecule has 92 valence electrons. The summed E-state index contributed by atoms with van der Waals surface area (Å²) in [6.45, 7) is 1.99. The van der Waals surface area contributed by atoms with Crippen molar-refractivity contribution in [3.8, 4) is 11.5 Å². The van der Waals surface area contributed by atoms with E-state index in [1.54, 1.807) is 0 Å². The summed E-state index contributed by atoms with van der Waals surface area (Å²) in [6, 6.07) is 7.54. The number of aromatic nitrogens is 2. The number of rotatable bonds is 3. The highest BCUT2D eigenvalue weighted by Crippen LogP contribution is 2.22. The van der Waals surface area contributed by atoms with Gasteiger partial charge in [0.2, 0.25) is 0 Å². The van der Waals surface area contributed by atoms with Crippen molar-refractivity contribution in [2.75, 3.05) is 0 Å². The van der Waals surface area contributed by atoms with E-state index < -0.39 is 0 Å². The second kappa shape index (κ2) is 6.14. The van der Waals surface area contributed by atoms with Crippen LogP contribution in [0.3, 0.4) is 0 Å². The smallest absolute Gasteiger partial charge is 0.258 e. The fourth-order valence-electron chi connectivity index (χ4n) is 1.31. The summed E-state index contributed by atoms with van der Waals surface area (Å²) in [5.41, 5.74) is 6.71. The van der Waals surface area contributed by atoms with Gasteiger partial charge in [0.25, 0.3) is 5.89 Å². The summed E-state index contributed by atoms with van der Waals surface area (Å²) in [4.78, 5) is 4.27. The van der Waals surface area contributed by atoms with Crippen molar-refractivity contribution >= 4 is 28.3 Å². The molecule has 0 fully saturated rings. The van der Waals surface area contributed by atoms with Crippen LogP contribution >= 0.6 is 28.3 Å². The highest BCUT2D eigenvalue weighted by atomic mass is 79.9. The van der Waals surface area contributed by atoms with Gasteiger partial charge in [-0.05, 0) is 24.6 Å². The molecule has 0 bridgehead atoms. The van der Waals surface area contributed by atoms with Crippen LogP contribution in [-0.2, 0) is 0 Å². The van der Waals surface area contributed by atoms with Crippen LogP contribution < -0.4 is 5.73 Å². The van der Waals surface area contributed by atoms with Gasteiger partial charge in [-0.25, -0.2) is 0 Å². The zero-order valence-corrected chi connectivity index (χ0v) is 11.7. The maximum Gasteiger partial charge on any atom is 0.258 e. The Labute approximate surface area is 114 Å². The number of nitrogens with zero attached hydrogens (tertiary/aromatic N) is 2. The summed E-state index contributed by atoms with van der Waals surface area (Å²) in [5.74, 6) is 1.05. The van der Waals surface area contributed by atoms with Gasteiger partial charge in [0.1, 0.15) is 0 Å². The average Bonchev–Trinajstić information content (AvgIpc) is 2.77. The summed E-state index contributed by atoms with van der Waals surface area (Å²) in [7, 11) is 0. The standard InChI is InChI=1S/C11H12BrN3O.ClH/c1-2-9(13)10-14-11(16-15-10)7-4-3-5-8(12)6-7;/h3-6,9H,2,13H2,1H3;1H. The van der Waals surface area contributed by atoms with Crippen LogP contribution in [0.2, 0.25) is 0 Å². The molecule has 1 unspecified atom stereocenters. The van der Waals surface area contributed by atoms with E-state index in [9.17, 15) is 0 Å². The lowest BCUT2D eigenvalue weighted by atomic mass is 10.2. The third-order valence-corrected chi connectivity index (χ3v) is 2.78. The second-order valence-corrected chi connectivity index (χ2v) is 4.40. The van der Waals surface area contributed by atoms with Gasteiger partial charge in [0.05, 0.1) is 6.04 Å². The molecule has 0 spiro atoms. The molecule has 0 amide bonds. The largest absolute Gasteiger partial charge is 0.334 e. The van der Waals surface area contributed by atoms with E-state index in [4.69, 9.17) is 10.3 Å². The fourth-order valence-corrected chi connectivity index (χ4v) is 1.71. The van der Waals surface area contributed by atoms with E-state index >= 15 is 0 Å². The van der Waals surface area contributed by atoms with Crippen molar-refractivity contribution in [3.63, 3.8) is 0 Å². The van der Waals surface area contributed by atoms with E-state index in [-0.39, 0.29) is 18.4 Å². The van der Waals surface area contributed by atoms with E-state index in [1.165, 1.54) is 0 Å². The summed E-state index contributed by atoms with van der Waals surface area (Å²) in [5, 5.41) is 3.87. The molecule has 0 saturated carbocycles. The second-order valence-electron chi connectivity index (χ2n) is 3.48. The molecule has 6 heteroatoms. The Balaban J connectivity index is 0.00000144. The first-order valence-corrected chi connectivity index (χ1v) is 5.85. The zero-order valence-electron chi connectivity index (χ0n) is 9.26. The van der Waals surface area contributed by atoms with Crippen LogP contribution in [-0.4, -0.2) is 10.1 Å². The minimum Gasteiger partial charge on any atom is -0.334 e. The molecule has 0 aliphatic rings. The van der Waals surface area contributed by atoms with Crippen LogP contribution in [0.4, 0.5) is 0 Å². The lowest BCUT2D eigenvalue weighted by Crippen LogP contribution is -2.10. The first kappa shape index (κ1) is 14.2. The molecule has 1 atom stereocenters. The molecule has 17 heavy (non-hydrogen) atoms. The lowest BCUT2D eigenvalue weighted by Gasteiger charge is -1.99. The van der Waals surface area contributed by atoms with Gasteiger partial charge >= 0.3 is 0 Å². The molecular formula is C11H13BrClN3O. The monoisotopic (exact) mass is 317 g/mol. The number of halogens is 2. The predicted molar refractivity (Wildman–Crippen MR) is 71.9 cm³/mol. The summed E-state index contributed by atoms with van der Waals surface area (Å²) < 4.78 is 6.14. The topological polar surface area (TPSA) is 64.9 Å². The highest BCUT2D eigenvalue weighted by Gasteiger charge is 2.13. The Morgan fingerprint density at radius 2 is 2.24 bits per heavy atom. The van der Waals surface area contributed by atoms with E-state index in [0.717, 1.165) is 16.5 Å². The Morgan fingerprint density at radius 3 is 2.88 bits per heavy atom. The molecule has 1 heterocycles. The number of benzene rings is 1. The Bertz CT molecular complexity index is 489. The molecule has 2 rings (SSSR count). The van der Waals surface area contributed by atoms with Crippen LogP contribution in [0.25, 0.3) is 11.5 Å². The van der Waals surface area contributed by atoms with Gasteiger partial charge < -0.3 is 10.3 Å². The van der Waals surface area contributed by atoms with Crippen molar-refractivity contribution in [1.29, 1.82) is 0 Å². The Morgan fingerprint density at radius 1 is 1.47 bits per heavy atom. The zero-order chi connectivity index (χ0) is 11.5. The third kappa shape index (κ3) is 3.28. The molecule has 1 aromatic carbocycles. The van der Waals surface area contributed by atoms with Crippen molar-refractivity contribution in [3.05, 3.63) is 34.6 Å². The maximum atomic E-state index is 5.82. The number of hydrogen-bond donors (Lipinski definition) is 1. The Kier molecular flexibility index (Phi) is 5.11. The van der Waals surface area contributed by atoms with Gasteiger partial charge in [0, 0.05) is 10.0 Å². The van der Waals surface area contributed by atoms with Crippen LogP contribution in [0.1, 0.15) is 25.2 Å². The number of nitrogens with two attached hydrogens (primary N) is 1. The molecule has 0 aliphatic heterocycles. The molecule has 2 aromatic rings. The minimum atomic E-state index is -0.162. The number of hydrogen-bond acceptors (Lipinski definition) is 4. The normalized spacial score (nSPS) is 11.9. The first-order chi connectivity index (χ1) is 7.70. The highest BCUT2D eigenvalue weighted by molar-refractivity contribution is 9.10. The first-order valence-electron chi connectivity index (χ1n) is 5.06. The summed E-state index contributed by atoms with van der Waals surface area (Å²) in [6.07, 6.45) is 0.789. The molecule has 0 radical (unpaired) electrons. The van der Waals surface area contributed by atoms with Crippen molar-refractivity contribution < 1.29 is 4.52 Å². The van der Waals surface area contributed by atoms with Crippen molar-refractivity contribution in [2.45, 2.75) is 19.4 Å². The summed E-state index contributed by atoms with van der Waals surface area (Å²) >= 11 is 3.39. The van der Waals surface area contributed by atoms with E-state index in [0.29, 0.717) is 11.7 Å². The maximum absolute atomic E-state index is 5.82. The SMILES string of the molecule is CCC(N)c1noc(-c2cccc(Br)c2)n1.Cl. The van der Waals surface area contributed by atoms with Crippen molar-refractivity contribution in [2.24, 2.45) is 5.73 Å². The molecule has 1 aromatic heterocycles. The molecule has 0 saturated heterocycles. The van der Waals surface area contributed by atoms with Crippen LogP contribution in [0, 0.1) is 0 Å². The van der Waals surface area contributed by atoms with Crippen molar-refractivity contribution in [1.82, 2.24) is 10.1 Å². The minimum absolute atomic E-state index is 0. The van der Waals surface area contributed by atoms with Gasteiger partial charge in [0.15, 0.2) is 5.82 Å². The molecule has 2 N–H and O–H groups in total. The predicted octanol–water partition coefficient (Wildman–Crippen LogP) is 3.33. The van der Waals surface area contributed by atoms with Crippen LogP contribution in [0.5, 0.6) is 0 Å². The lowest BCUT2D eigenvalue weighted by molar-refractivity contribution is 0.415. The van der Waals surface area contributed by atoms with Gasteiger partial charge in [-0.1, -0.05) is 34.1 Å². The van der Waals surface area contributed by atoms with E-state index in [1.807, 2.05) is 31.2 Å². The fraction of sp³-hybridized carbons (Fsp3) is 0.273. The Hall–Kier alpha value is -0.910. The molecule has 4 nitrogen and oxygen atoms in total. The van der Waals surface area contributed by atoms with Gasteiger partial charge in [-0.15, -0.1) is 12.4 Å². The van der Waals surface area contributed by atoms with Crippen LogP contribution in [0.15, 0.2) is 33.3 Å².